The van der Waals surface area contributed by atoms with Crippen molar-refractivity contribution in [3.8, 4) is 0 Å². The van der Waals surface area contributed by atoms with Gasteiger partial charge in [-0.1, -0.05) is 62.4 Å². The highest BCUT2D eigenvalue weighted by Crippen LogP contribution is 2.17. The molecule has 0 amide bonds. The molecule has 24 heavy (non-hydrogen) atoms. The maximum Gasteiger partial charge on any atom is 0.306 e. The number of nitrogens with one attached hydrogen (secondary N) is 2. The fourth-order valence-electron chi connectivity index (χ4n) is 2.32. The number of benzene rings is 2. The number of ether oxygens (including phenoxy) is 1. The van der Waals surface area contributed by atoms with Crippen molar-refractivity contribution in [2.24, 2.45) is 5.92 Å². The van der Waals surface area contributed by atoms with Crippen LogP contribution in [0.15, 0.2) is 54.6 Å². The molecule has 4 nitrogen and oxygen atoms in total. The number of carbonyl (C=O) groups is 1. The fraction of sp³-hybridized carbons (Fsp3) is 0.300. The summed E-state index contributed by atoms with van der Waals surface area (Å²) in [6.07, 6.45) is 0.376. The molecule has 0 bridgehead atoms. The van der Waals surface area contributed by atoms with E-state index in [0.717, 1.165) is 11.3 Å². The summed E-state index contributed by atoms with van der Waals surface area (Å²) in [5.74, 6) is -0.00372. The summed E-state index contributed by atoms with van der Waals surface area (Å²) < 4.78 is 5.20. The molecule has 0 heterocycles. The molecule has 2 aromatic rings. The summed E-state index contributed by atoms with van der Waals surface area (Å²) in [5.41, 5.74) is 3.09. The van der Waals surface area contributed by atoms with Gasteiger partial charge >= 0.3 is 5.97 Å². The van der Waals surface area contributed by atoms with E-state index in [9.17, 15) is 4.79 Å². The molecule has 126 valence electrons. The van der Waals surface area contributed by atoms with Crippen molar-refractivity contribution < 1.29 is 9.53 Å². The topological polar surface area (TPSA) is 62.2 Å². The number of hydrogen-bond donors (Lipinski definition) is 2. The van der Waals surface area contributed by atoms with E-state index < -0.39 is 0 Å². The SMILES string of the molecule is CC(C)CC(=O)OCC(=N)c1ccccc1NCc1ccccc1. The number of hydrogen-bond acceptors (Lipinski definition) is 4. The minimum absolute atomic E-state index is 0.00438. The first-order chi connectivity index (χ1) is 11.6. The smallest absolute Gasteiger partial charge is 0.306 e. The number of esters is 1. The van der Waals surface area contributed by atoms with Crippen LogP contribution < -0.4 is 5.32 Å². The lowest BCUT2D eigenvalue weighted by Crippen LogP contribution is -2.16. The Balaban J connectivity index is 1.97. The van der Waals surface area contributed by atoms with Gasteiger partial charge in [-0.05, 0) is 17.5 Å². The third-order valence-electron chi connectivity index (χ3n) is 3.53. The maximum atomic E-state index is 11.7. The van der Waals surface area contributed by atoms with Gasteiger partial charge in [0.05, 0.1) is 5.71 Å². The molecule has 4 heteroatoms. The van der Waals surface area contributed by atoms with Gasteiger partial charge in [0.2, 0.25) is 0 Å². The van der Waals surface area contributed by atoms with Gasteiger partial charge in [0.25, 0.3) is 0 Å². The fourth-order valence-corrected chi connectivity index (χ4v) is 2.32. The molecule has 0 aliphatic carbocycles. The van der Waals surface area contributed by atoms with Crippen LogP contribution in [0.4, 0.5) is 5.69 Å². The van der Waals surface area contributed by atoms with Crippen molar-refractivity contribution in [1.82, 2.24) is 0 Å². The zero-order chi connectivity index (χ0) is 17.4. The van der Waals surface area contributed by atoms with E-state index >= 15 is 0 Å². The third kappa shape index (κ3) is 5.54. The largest absolute Gasteiger partial charge is 0.459 e. The van der Waals surface area contributed by atoms with E-state index in [0.29, 0.717) is 18.7 Å². The van der Waals surface area contributed by atoms with Crippen LogP contribution in [0.3, 0.4) is 0 Å². The summed E-state index contributed by atoms with van der Waals surface area (Å²) in [6.45, 7) is 4.61. The van der Waals surface area contributed by atoms with Crippen LogP contribution in [0.2, 0.25) is 0 Å². The molecule has 0 spiro atoms. The zero-order valence-electron chi connectivity index (χ0n) is 14.2. The normalized spacial score (nSPS) is 10.5. The average Bonchev–Trinajstić information content (AvgIpc) is 2.58. The van der Waals surface area contributed by atoms with E-state index in [4.69, 9.17) is 10.1 Å². The Kier molecular flexibility index (Phi) is 6.55. The molecular formula is C20H24N2O2. The second-order valence-corrected chi connectivity index (χ2v) is 6.12. The van der Waals surface area contributed by atoms with Crippen molar-refractivity contribution in [1.29, 1.82) is 5.41 Å². The predicted octanol–water partition coefficient (Wildman–Crippen LogP) is 4.26. The van der Waals surface area contributed by atoms with Crippen molar-refractivity contribution in [3.05, 3.63) is 65.7 Å². The Morgan fingerprint density at radius 1 is 1.08 bits per heavy atom. The summed E-state index contributed by atoms with van der Waals surface area (Å²) >= 11 is 0. The summed E-state index contributed by atoms with van der Waals surface area (Å²) in [7, 11) is 0. The molecule has 2 N–H and O–H groups in total. The van der Waals surface area contributed by atoms with Crippen LogP contribution in [0.25, 0.3) is 0 Å². The minimum atomic E-state index is -0.260. The number of anilines is 1. The van der Waals surface area contributed by atoms with E-state index in [1.54, 1.807) is 0 Å². The standard InChI is InChI=1S/C20H24N2O2/c1-15(2)12-20(23)24-14-18(21)17-10-6-7-11-19(17)22-13-16-8-4-3-5-9-16/h3-11,15,21-22H,12-14H2,1-2H3. The van der Waals surface area contributed by atoms with Crippen molar-refractivity contribution >= 4 is 17.4 Å². The van der Waals surface area contributed by atoms with Crippen LogP contribution >= 0.6 is 0 Å². The Morgan fingerprint density at radius 2 is 1.75 bits per heavy atom. The molecule has 0 aromatic heterocycles. The van der Waals surface area contributed by atoms with Gasteiger partial charge in [0.1, 0.15) is 6.61 Å². The third-order valence-corrected chi connectivity index (χ3v) is 3.53. The molecule has 0 aliphatic rings. The number of para-hydroxylation sites is 1. The van der Waals surface area contributed by atoms with Gasteiger partial charge in [-0.15, -0.1) is 0 Å². The molecule has 0 atom stereocenters. The molecule has 0 saturated heterocycles. The molecular weight excluding hydrogens is 300 g/mol. The number of rotatable bonds is 8. The van der Waals surface area contributed by atoms with Gasteiger partial charge in [0, 0.05) is 24.2 Å². The Hall–Kier alpha value is -2.62. The van der Waals surface area contributed by atoms with E-state index in [2.05, 4.69) is 17.4 Å². The molecule has 0 unspecified atom stereocenters. The summed E-state index contributed by atoms with van der Waals surface area (Å²) in [4.78, 5) is 11.7. The van der Waals surface area contributed by atoms with Gasteiger partial charge in [-0.3, -0.25) is 4.79 Å². The van der Waals surface area contributed by atoms with Gasteiger partial charge in [-0.25, -0.2) is 0 Å². The van der Waals surface area contributed by atoms with Crippen LogP contribution in [-0.4, -0.2) is 18.3 Å². The van der Waals surface area contributed by atoms with Crippen LogP contribution in [0.5, 0.6) is 0 Å². The second kappa shape index (κ2) is 8.87. The van der Waals surface area contributed by atoms with Crippen LogP contribution in [0.1, 0.15) is 31.4 Å². The van der Waals surface area contributed by atoms with Crippen molar-refractivity contribution in [3.63, 3.8) is 0 Å². The predicted molar refractivity (Wildman–Crippen MR) is 97.5 cm³/mol. The maximum absolute atomic E-state index is 11.7. The molecule has 2 aromatic carbocycles. The monoisotopic (exact) mass is 324 g/mol. The molecule has 0 aliphatic heterocycles. The van der Waals surface area contributed by atoms with Crippen LogP contribution in [-0.2, 0) is 16.1 Å². The van der Waals surface area contributed by atoms with E-state index in [1.807, 2.05) is 56.3 Å². The number of carbonyl (C=O) groups excluding carboxylic acids is 1. The molecule has 2 rings (SSSR count). The Labute approximate surface area is 143 Å². The van der Waals surface area contributed by atoms with Gasteiger partial charge in [-0.2, -0.15) is 0 Å². The Bertz CT molecular complexity index is 681. The zero-order valence-corrected chi connectivity index (χ0v) is 14.2. The lowest BCUT2D eigenvalue weighted by Gasteiger charge is -2.13. The van der Waals surface area contributed by atoms with E-state index in [1.165, 1.54) is 5.56 Å². The van der Waals surface area contributed by atoms with Crippen molar-refractivity contribution in [2.75, 3.05) is 11.9 Å². The van der Waals surface area contributed by atoms with E-state index in [-0.39, 0.29) is 18.5 Å². The van der Waals surface area contributed by atoms with Gasteiger partial charge < -0.3 is 15.5 Å². The highest BCUT2D eigenvalue weighted by Gasteiger charge is 2.11. The quantitative estimate of drug-likeness (QED) is 0.563. The van der Waals surface area contributed by atoms with Gasteiger partial charge in [0.15, 0.2) is 0 Å². The first kappa shape index (κ1) is 17.7. The lowest BCUT2D eigenvalue weighted by molar-refractivity contribution is -0.142. The van der Waals surface area contributed by atoms with Crippen molar-refractivity contribution in [2.45, 2.75) is 26.8 Å². The highest BCUT2D eigenvalue weighted by atomic mass is 16.5. The molecule has 0 fully saturated rings. The lowest BCUT2D eigenvalue weighted by atomic mass is 10.1. The van der Waals surface area contributed by atoms with Crippen LogP contribution in [0, 0.1) is 11.3 Å². The highest BCUT2D eigenvalue weighted by molar-refractivity contribution is 6.04. The summed E-state index contributed by atoms with van der Waals surface area (Å²) in [5, 5.41) is 11.6. The summed E-state index contributed by atoms with van der Waals surface area (Å²) in [6, 6.07) is 17.7. The average molecular weight is 324 g/mol. The Morgan fingerprint density at radius 3 is 2.46 bits per heavy atom. The molecule has 0 radical (unpaired) electrons. The molecule has 0 saturated carbocycles. The second-order valence-electron chi connectivity index (χ2n) is 6.12. The first-order valence-corrected chi connectivity index (χ1v) is 8.16. The first-order valence-electron chi connectivity index (χ1n) is 8.16. The minimum Gasteiger partial charge on any atom is -0.459 e.